The predicted octanol–water partition coefficient (Wildman–Crippen LogP) is 5.32. The number of rotatable bonds is 1. The summed E-state index contributed by atoms with van der Waals surface area (Å²) < 4.78 is 6.33. The number of para-hydroxylation sites is 2. The summed E-state index contributed by atoms with van der Waals surface area (Å²) in [4.78, 5) is 0. The Morgan fingerprint density at radius 2 is 1.81 bits per heavy atom. The number of ether oxygens (including phenoxy) is 1. The van der Waals surface area contributed by atoms with E-state index < -0.39 is 0 Å². The number of hydrogen-bond donors (Lipinski definition) is 1. The maximum absolute atomic E-state index is 6.33. The third-order valence-electron chi connectivity index (χ3n) is 4.17. The van der Waals surface area contributed by atoms with E-state index in [1.165, 1.54) is 17.7 Å². The van der Waals surface area contributed by atoms with E-state index in [4.69, 9.17) is 16.3 Å². The number of anilines is 1. The second-order valence-corrected chi connectivity index (χ2v) is 5.96. The monoisotopic (exact) mass is 297 g/mol. The van der Waals surface area contributed by atoms with E-state index in [-0.39, 0.29) is 6.10 Å². The van der Waals surface area contributed by atoms with Crippen LogP contribution < -0.4 is 10.1 Å². The number of nitrogens with one attached hydrogen (secondary N) is 1. The van der Waals surface area contributed by atoms with E-state index in [9.17, 15) is 0 Å². The third-order valence-corrected chi connectivity index (χ3v) is 4.42. The van der Waals surface area contributed by atoms with Gasteiger partial charge in [0.1, 0.15) is 11.9 Å². The molecule has 1 aliphatic heterocycles. The molecule has 21 heavy (non-hydrogen) atoms. The molecule has 0 bridgehead atoms. The Labute approximate surface area is 129 Å². The van der Waals surface area contributed by atoms with Crippen LogP contribution in [-0.4, -0.2) is 0 Å². The highest BCUT2D eigenvalue weighted by atomic mass is 35.5. The van der Waals surface area contributed by atoms with Crippen LogP contribution >= 0.6 is 11.6 Å². The number of benzene rings is 2. The first kappa shape index (κ1) is 12.8. The normalized spacial score (nSPS) is 20.1. The molecule has 0 fully saturated rings. The van der Waals surface area contributed by atoms with E-state index in [2.05, 4.69) is 23.5 Å². The van der Waals surface area contributed by atoms with Crippen molar-refractivity contribution < 1.29 is 4.74 Å². The molecule has 1 atom stereocenters. The van der Waals surface area contributed by atoms with Crippen LogP contribution in [0.2, 0.25) is 5.02 Å². The minimum atomic E-state index is -0.0177. The first-order chi connectivity index (χ1) is 10.3. The van der Waals surface area contributed by atoms with Gasteiger partial charge in [-0.15, -0.1) is 0 Å². The molecule has 0 amide bonds. The molecule has 1 heterocycles. The zero-order valence-electron chi connectivity index (χ0n) is 11.6. The lowest BCUT2D eigenvalue weighted by Gasteiger charge is -2.20. The summed E-state index contributed by atoms with van der Waals surface area (Å²) >= 11 is 6.01. The number of halogens is 1. The fraction of sp³-hybridized carbons (Fsp3) is 0.222. The highest BCUT2D eigenvalue weighted by Gasteiger charge is 2.29. The van der Waals surface area contributed by atoms with Gasteiger partial charge in [-0.1, -0.05) is 35.9 Å². The molecule has 0 radical (unpaired) electrons. The molecule has 1 N–H and O–H groups in total. The van der Waals surface area contributed by atoms with Crippen molar-refractivity contribution in [1.82, 2.24) is 0 Å². The first-order valence-corrected chi connectivity index (χ1v) is 7.69. The van der Waals surface area contributed by atoms with Gasteiger partial charge in [0.05, 0.1) is 5.69 Å². The van der Waals surface area contributed by atoms with Crippen LogP contribution in [0.3, 0.4) is 0 Å². The zero-order chi connectivity index (χ0) is 14.2. The molecule has 1 unspecified atom stereocenters. The highest BCUT2D eigenvalue weighted by molar-refractivity contribution is 6.30. The summed E-state index contributed by atoms with van der Waals surface area (Å²) in [5, 5.41) is 4.32. The molecule has 2 aliphatic rings. The molecule has 2 nitrogen and oxygen atoms in total. The van der Waals surface area contributed by atoms with Crippen LogP contribution in [-0.2, 0) is 0 Å². The van der Waals surface area contributed by atoms with Crippen molar-refractivity contribution in [1.29, 1.82) is 0 Å². The van der Waals surface area contributed by atoms with Crippen molar-refractivity contribution in [2.45, 2.75) is 25.4 Å². The lowest BCUT2D eigenvalue weighted by molar-refractivity contribution is 0.242. The number of allylic oxidation sites excluding steroid dienone is 1. The van der Waals surface area contributed by atoms with Crippen LogP contribution in [0.1, 0.15) is 30.9 Å². The van der Waals surface area contributed by atoms with Crippen LogP contribution in [0.4, 0.5) is 5.69 Å². The van der Waals surface area contributed by atoms with Gasteiger partial charge in [-0.3, -0.25) is 0 Å². The maximum atomic E-state index is 6.33. The minimum absolute atomic E-state index is 0.0177. The van der Waals surface area contributed by atoms with Crippen molar-refractivity contribution in [3.63, 3.8) is 0 Å². The summed E-state index contributed by atoms with van der Waals surface area (Å²) in [7, 11) is 0. The van der Waals surface area contributed by atoms with Crippen molar-refractivity contribution >= 4 is 17.3 Å². The molecule has 2 aromatic carbocycles. The first-order valence-electron chi connectivity index (χ1n) is 7.31. The maximum Gasteiger partial charge on any atom is 0.147 e. The molecule has 2 aromatic rings. The average molecular weight is 298 g/mol. The Bertz CT molecular complexity index is 705. The van der Waals surface area contributed by atoms with Gasteiger partial charge in [0.2, 0.25) is 0 Å². The lowest BCUT2D eigenvalue weighted by Crippen LogP contribution is -2.09. The fourth-order valence-corrected chi connectivity index (χ4v) is 3.27. The summed E-state index contributed by atoms with van der Waals surface area (Å²) in [6.45, 7) is 0. The van der Waals surface area contributed by atoms with Crippen LogP contribution in [0.15, 0.2) is 59.8 Å². The number of fused-ring (bicyclic) bond motifs is 1. The number of hydrogen-bond acceptors (Lipinski definition) is 2. The van der Waals surface area contributed by atoms with Gasteiger partial charge in [-0.2, -0.15) is 0 Å². The molecule has 0 saturated carbocycles. The molecule has 0 saturated heterocycles. The van der Waals surface area contributed by atoms with Crippen LogP contribution in [0.5, 0.6) is 5.75 Å². The largest absolute Gasteiger partial charge is 0.479 e. The molecule has 1 aliphatic carbocycles. The molecule has 106 valence electrons. The van der Waals surface area contributed by atoms with Gasteiger partial charge in [0.25, 0.3) is 0 Å². The van der Waals surface area contributed by atoms with Gasteiger partial charge < -0.3 is 10.1 Å². The Kier molecular flexibility index (Phi) is 3.12. The molecule has 0 aromatic heterocycles. The van der Waals surface area contributed by atoms with Crippen molar-refractivity contribution in [3.8, 4) is 5.75 Å². The molecule has 0 spiro atoms. The van der Waals surface area contributed by atoms with E-state index >= 15 is 0 Å². The van der Waals surface area contributed by atoms with Gasteiger partial charge in [-0.05, 0) is 54.7 Å². The van der Waals surface area contributed by atoms with Gasteiger partial charge in [0.15, 0.2) is 0 Å². The van der Waals surface area contributed by atoms with E-state index in [0.29, 0.717) is 0 Å². The van der Waals surface area contributed by atoms with Gasteiger partial charge in [-0.25, -0.2) is 0 Å². The van der Waals surface area contributed by atoms with Crippen LogP contribution in [0, 0.1) is 0 Å². The Morgan fingerprint density at radius 3 is 2.67 bits per heavy atom. The molecular weight excluding hydrogens is 282 g/mol. The van der Waals surface area contributed by atoms with E-state index in [1.54, 1.807) is 0 Å². The predicted molar refractivity (Wildman–Crippen MR) is 85.8 cm³/mol. The standard InChI is InChI=1S/C18H16ClNO/c19-13-10-8-12(9-11-13)18-14-4-3-6-15(14)20-16-5-1-2-7-17(16)21-18/h1-2,5,7-11,18,20H,3-4,6H2. The Balaban J connectivity index is 1.81. The van der Waals surface area contributed by atoms with Crippen molar-refractivity contribution in [2.24, 2.45) is 0 Å². The highest BCUT2D eigenvalue weighted by Crippen LogP contribution is 2.44. The average Bonchev–Trinajstić information content (AvgIpc) is 2.89. The van der Waals surface area contributed by atoms with Gasteiger partial charge in [0, 0.05) is 10.7 Å². The Morgan fingerprint density at radius 1 is 1.00 bits per heavy atom. The second-order valence-electron chi connectivity index (χ2n) is 5.53. The SMILES string of the molecule is Clc1ccc(C2Oc3ccccc3NC3=C2CCC3)cc1. The fourth-order valence-electron chi connectivity index (χ4n) is 3.14. The van der Waals surface area contributed by atoms with E-state index in [0.717, 1.165) is 34.9 Å². The molecule has 4 rings (SSSR count). The van der Waals surface area contributed by atoms with Gasteiger partial charge >= 0.3 is 0 Å². The van der Waals surface area contributed by atoms with Crippen LogP contribution in [0.25, 0.3) is 0 Å². The minimum Gasteiger partial charge on any atom is -0.479 e. The molecular formula is C18H16ClNO. The molecule has 3 heteroatoms. The smallest absolute Gasteiger partial charge is 0.147 e. The zero-order valence-corrected chi connectivity index (χ0v) is 12.4. The summed E-state index contributed by atoms with van der Waals surface area (Å²) in [5.41, 5.74) is 4.91. The third kappa shape index (κ3) is 2.30. The Hall–Kier alpha value is -1.93. The quantitative estimate of drug-likeness (QED) is 0.769. The summed E-state index contributed by atoms with van der Waals surface area (Å²) in [6, 6.07) is 16.1. The topological polar surface area (TPSA) is 21.3 Å². The summed E-state index contributed by atoms with van der Waals surface area (Å²) in [6.07, 6.45) is 3.35. The lowest BCUT2D eigenvalue weighted by atomic mass is 10.0. The van der Waals surface area contributed by atoms with E-state index in [1.807, 2.05) is 30.3 Å². The summed E-state index contributed by atoms with van der Waals surface area (Å²) in [5.74, 6) is 0.909. The van der Waals surface area contributed by atoms with Crippen molar-refractivity contribution in [3.05, 3.63) is 70.4 Å². The van der Waals surface area contributed by atoms with Crippen molar-refractivity contribution in [2.75, 3.05) is 5.32 Å². The second kappa shape index (κ2) is 5.12.